The maximum Gasteiger partial charge on any atom is 0.225 e. The Hall–Kier alpha value is -0.380. The number of aliphatic hydroxyl groups excluding tert-OH is 1. The highest BCUT2D eigenvalue weighted by Crippen LogP contribution is 2.87. The number of carbonyl (C=O) groups excluding carboxylic acids is 1. The van der Waals surface area contributed by atoms with Crippen molar-refractivity contribution in [1.29, 1.82) is 0 Å². The van der Waals surface area contributed by atoms with Gasteiger partial charge in [0.1, 0.15) is 6.10 Å². The fraction of sp³-hybridized carbons (Fsp3) is 0.972. The fourth-order valence-electron chi connectivity index (χ4n) is 12.9. The molecular formula is C36H59NO6S. The number of carbonyl (C=O) groups is 1. The Labute approximate surface area is 272 Å². The Bertz CT molecular complexity index is 1140. The third-order valence-electron chi connectivity index (χ3n) is 15.2. The van der Waals surface area contributed by atoms with E-state index in [-0.39, 0.29) is 49.4 Å². The number of aliphatic hydroxyl groups is 2. The molecule has 250 valence electrons. The van der Waals surface area contributed by atoms with Crippen LogP contribution in [0, 0.1) is 51.2 Å². The van der Waals surface area contributed by atoms with Crippen LogP contribution in [-0.4, -0.2) is 77.0 Å². The van der Waals surface area contributed by atoms with Gasteiger partial charge in [0.2, 0.25) is 5.91 Å². The summed E-state index contributed by atoms with van der Waals surface area (Å²) in [6, 6.07) is 0. The Morgan fingerprint density at radius 2 is 1.70 bits per heavy atom. The van der Waals surface area contributed by atoms with E-state index < -0.39 is 11.7 Å². The quantitative estimate of drug-likeness (QED) is 0.421. The van der Waals surface area contributed by atoms with Crippen LogP contribution < -0.4 is 0 Å². The van der Waals surface area contributed by atoms with Gasteiger partial charge >= 0.3 is 0 Å². The lowest BCUT2D eigenvalue weighted by Crippen LogP contribution is -2.56. The van der Waals surface area contributed by atoms with Crippen LogP contribution in [0.2, 0.25) is 0 Å². The highest BCUT2D eigenvalue weighted by Gasteiger charge is 2.80. The van der Waals surface area contributed by atoms with E-state index in [0.29, 0.717) is 59.6 Å². The predicted molar refractivity (Wildman–Crippen MR) is 172 cm³/mol. The number of nitrogens with zero attached hydrogens (tertiary/aromatic N) is 1. The van der Waals surface area contributed by atoms with Crippen LogP contribution in [0.25, 0.3) is 0 Å². The maximum absolute atomic E-state index is 12.7. The van der Waals surface area contributed by atoms with Gasteiger partial charge in [-0.25, -0.2) is 0 Å². The Kier molecular flexibility index (Phi) is 7.72. The molecular weight excluding hydrogens is 574 g/mol. The first-order valence-electron chi connectivity index (χ1n) is 17.9. The number of hydrogen-bond donors (Lipinski definition) is 2. The molecule has 7 nitrogen and oxygen atoms in total. The van der Waals surface area contributed by atoms with Crippen molar-refractivity contribution in [3.8, 4) is 0 Å². The van der Waals surface area contributed by atoms with Crippen LogP contribution in [0.3, 0.4) is 0 Å². The van der Waals surface area contributed by atoms with Crippen LogP contribution in [0.15, 0.2) is 0 Å². The lowest BCUT2D eigenvalue weighted by molar-refractivity contribution is -0.244. The topological polar surface area (TPSA) is 88.5 Å². The molecule has 1 amide bonds. The Morgan fingerprint density at radius 1 is 0.955 bits per heavy atom. The van der Waals surface area contributed by atoms with Crippen LogP contribution in [0.5, 0.6) is 0 Å². The smallest absolute Gasteiger partial charge is 0.225 e. The zero-order valence-electron chi connectivity index (χ0n) is 27.9. The molecule has 8 aliphatic rings. The second-order valence-electron chi connectivity index (χ2n) is 17.9. The van der Waals surface area contributed by atoms with E-state index in [2.05, 4.69) is 20.8 Å². The number of hydrogen-bond acceptors (Lipinski definition) is 6. The van der Waals surface area contributed by atoms with Gasteiger partial charge in [0.15, 0.2) is 6.29 Å². The molecule has 0 aromatic rings. The van der Waals surface area contributed by atoms with Crippen molar-refractivity contribution in [3.05, 3.63) is 0 Å². The van der Waals surface area contributed by atoms with E-state index in [1.807, 2.05) is 4.90 Å². The first kappa shape index (κ1) is 32.2. The van der Waals surface area contributed by atoms with Gasteiger partial charge in [-0.15, -0.1) is 0 Å². The summed E-state index contributed by atoms with van der Waals surface area (Å²) in [6.45, 7) is 12.8. The van der Waals surface area contributed by atoms with Crippen LogP contribution >= 0.6 is 13.5 Å². The molecule has 0 aromatic carbocycles. The van der Waals surface area contributed by atoms with Crippen molar-refractivity contribution in [2.75, 3.05) is 19.7 Å². The van der Waals surface area contributed by atoms with Gasteiger partial charge in [-0.1, -0.05) is 20.8 Å². The van der Waals surface area contributed by atoms with E-state index in [0.717, 1.165) is 44.4 Å². The van der Waals surface area contributed by atoms with E-state index in [9.17, 15) is 15.0 Å². The van der Waals surface area contributed by atoms with Gasteiger partial charge in [0.25, 0.3) is 0 Å². The first-order valence-corrected chi connectivity index (χ1v) is 17.9. The zero-order valence-corrected chi connectivity index (χ0v) is 28.9. The number of morpholine rings is 1. The normalized spacial score (nSPS) is 49.8. The van der Waals surface area contributed by atoms with Gasteiger partial charge in [-0.2, -0.15) is 13.5 Å². The zero-order chi connectivity index (χ0) is 30.2. The molecule has 6 aliphatic carbocycles. The molecule has 9 unspecified atom stereocenters. The third kappa shape index (κ3) is 4.57. The third-order valence-corrected chi connectivity index (χ3v) is 15.2. The molecule has 2 aliphatic heterocycles. The van der Waals surface area contributed by atoms with Crippen molar-refractivity contribution in [3.63, 3.8) is 0 Å². The molecule has 2 spiro atoms. The second-order valence-corrected chi connectivity index (χ2v) is 17.9. The highest BCUT2D eigenvalue weighted by molar-refractivity contribution is 7.59. The SMILES string of the molecule is CC12CC[C@@]34CC35CC[C@H](OC3CN(C(=O)C6CC6)CCO3)C(C)(C)C5CCC4C1CC1OC([C@H](O)C(C)(C)O)CCC12.S. The molecule has 2 N–H and O–H groups in total. The molecule has 8 fully saturated rings. The molecule has 44 heavy (non-hydrogen) atoms. The number of ether oxygens (including phenoxy) is 3. The largest absolute Gasteiger partial charge is 0.388 e. The van der Waals surface area contributed by atoms with Crippen molar-refractivity contribution in [1.82, 2.24) is 4.90 Å². The molecule has 0 bridgehead atoms. The minimum absolute atomic E-state index is 0. The van der Waals surface area contributed by atoms with Gasteiger partial charge in [0.05, 0.1) is 37.1 Å². The highest BCUT2D eigenvalue weighted by atomic mass is 32.1. The van der Waals surface area contributed by atoms with Crippen LogP contribution in [0.1, 0.15) is 112 Å². The summed E-state index contributed by atoms with van der Waals surface area (Å²) < 4.78 is 19.6. The number of fused-ring (bicyclic) bond motifs is 4. The summed E-state index contributed by atoms with van der Waals surface area (Å²) in [5, 5.41) is 21.3. The monoisotopic (exact) mass is 633 g/mol. The average molecular weight is 634 g/mol. The van der Waals surface area contributed by atoms with E-state index in [1.54, 1.807) is 13.8 Å². The van der Waals surface area contributed by atoms with E-state index in [1.165, 1.54) is 38.5 Å². The summed E-state index contributed by atoms with van der Waals surface area (Å²) in [6.07, 6.45) is 13.3. The second kappa shape index (κ2) is 10.6. The molecule has 8 heteroatoms. The van der Waals surface area contributed by atoms with Crippen molar-refractivity contribution in [2.45, 2.75) is 148 Å². The molecule has 8 rings (SSSR count). The molecule has 2 saturated heterocycles. The molecule has 12 atom stereocenters. The van der Waals surface area contributed by atoms with Crippen LogP contribution in [0.4, 0.5) is 0 Å². The summed E-state index contributed by atoms with van der Waals surface area (Å²) in [5.41, 5.74) is 0.223. The summed E-state index contributed by atoms with van der Waals surface area (Å²) >= 11 is 0. The molecule has 0 radical (unpaired) electrons. The lowest BCUT2D eigenvalue weighted by atomic mass is 9.46. The Balaban J connectivity index is 0.00000312. The van der Waals surface area contributed by atoms with Gasteiger partial charge < -0.3 is 29.3 Å². The van der Waals surface area contributed by atoms with Gasteiger partial charge in [-0.3, -0.25) is 4.79 Å². The Morgan fingerprint density at radius 3 is 2.43 bits per heavy atom. The van der Waals surface area contributed by atoms with Crippen molar-refractivity contribution in [2.24, 2.45) is 51.2 Å². The van der Waals surface area contributed by atoms with Crippen LogP contribution in [-0.2, 0) is 19.0 Å². The average Bonchev–Trinajstić information content (AvgIpc) is 3.88. The van der Waals surface area contributed by atoms with Gasteiger partial charge in [0, 0.05) is 12.5 Å². The summed E-state index contributed by atoms with van der Waals surface area (Å²) in [4.78, 5) is 14.7. The maximum atomic E-state index is 12.7. The van der Waals surface area contributed by atoms with Crippen molar-refractivity contribution < 1.29 is 29.2 Å². The first-order chi connectivity index (χ1) is 20.3. The van der Waals surface area contributed by atoms with Crippen molar-refractivity contribution >= 4 is 19.4 Å². The molecule has 6 saturated carbocycles. The lowest BCUT2D eigenvalue weighted by Gasteiger charge is -2.60. The van der Waals surface area contributed by atoms with E-state index in [4.69, 9.17) is 14.2 Å². The summed E-state index contributed by atoms with van der Waals surface area (Å²) in [5.74, 6) is 3.30. The fourth-order valence-corrected chi connectivity index (χ4v) is 12.9. The predicted octanol–water partition coefficient (Wildman–Crippen LogP) is 5.42. The van der Waals surface area contributed by atoms with Gasteiger partial charge in [-0.05, 0) is 136 Å². The number of amides is 1. The molecule has 0 aromatic heterocycles. The molecule has 2 heterocycles. The minimum atomic E-state index is -1.14. The minimum Gasteiger partial charge on any atom is -0.388 e. The summed E-state index contributed by atoms with van der Waals surface area (Å²) in [7, 11) is 0. The standard InChI is InChI=1S/C36H57NO6.H2S/c1-32(2)27-11-9-22-24-18-26-23(8-10-25(42-26)30(38)33(3,4)40)34(24,5)14-15-35(22)20-36(27,35)13-12-28(32)43-29-19-37(16-17-41-29)31(39)21-6-7-21;/h21-30,38,40H,6-20H2,1-5H3;1H2/t22?,23?,24?,25?,26?,27?,28-,29?,30-,34?,35-,36?;/m0./s1. The van der Waals surface area contributed by atoms with E-state index >= 15 is 0 Å². The number of rotatable bonds is 5.